The van der Waals surface area contributed by atoms with E-state index in [0.717, 1.165) is 33.0 Å². The number of carbonyl (C=O) groups is 1. The van der Waals surface area contributed by atoms with Crippen LogP contribution in [0.3, 0.4) is 0 Å². The molecular weight excluding hydrogens is 356 g/mol. The van der Waals surface area contributed by atoms with Crippen LogP contribution < -0.4 is 0 Å². The summed E-state index contributed by atoms with van der Waals surface area (Å²) < 4.78 is 0. The van der Waals surface area contributed by atoms with Crippen molar-refractivity contribution in [2.45, 2.75) is 25.2 Å². The molecule has 0 spiro atoms. The minimum absolute atomic E-state index is 0.733. The summed E-state index contributed by atoms with van der Waals surface area (Å²) in [4.78, 5) is 12.9. The van der Waals surface area contributed by atoms with Gasteiger partial charge in [-0.3, -0.25) is 4.79 Å². The fraction of sp³-hybridized carbons (Fsp3) is 0.148. The van der Waals surface area contributed by atoms with Crippen molar-refractivity contribution in [2.24, 2.45) is 0 Å². The average Bonchev–Trinajstić information content (AvgIpc) is 2.76. The molecular formula is C27H24O2. The Bertz CT molecular complexity index is 1110. The zero-order valence-electron chi connectivity index (χ0n) is 16.7. The molecule has 0 aromatic heterocycles. The van der Waals surface area contributed by atoms with Crippen molar-refractivity contribution in [1.29, 1.82) is 0 Å². The summed E-state index contributed by atoms with van der Waals surface area (Å²) in [5.74, 6) is -1.56. The maximum atomic E-state index is 12.9. The summed E-state index contributed by atoms with van der Waals surface area (Å²) in [6, 6.07) is 32.1. The maximum Gasteiger partial charge on any atom is 0.312 e. The lowest BCUT2D eigenvalue weighted by Crippen LogP contribution is -2.37. The number of carboxylic acids is 1. The molecule has 4 aromatic rings. The van der Waals surface area contributed by atoms with Gasteiger partial charge in [0.05, 0.1) is 5.92 Å². The van der Waals surface area contributed by atoms with Crippen LogP contribution in [-0.4, -0.2) is 11.1 Å². The summed E-state index contributed by atoms with van der Waals surface area (Å²) in [5.41, 5.74) is 3.13. The van der Waals surface area contributed by atoms with Crippen molar-refractivity contribution in [1.82, 2.24) is 0 Å². The molecule has 0 saturated carbocycles. The van der Waals surface area contributed by atoms with Crippen molar-refractivity contribution < 1.29 is 9.90 Å². The summed E-state index contributed by atoms with van der Waals surface area (Å²) >= 11 is 0. The van der Waals surface area contributed by atoms with E-state index in [2.05, 4.69) is 13.0 Å². The first-order chi connectivity index (χ1) is 14.0. The highest BCUT2D eigenvalue weighted by molar-refractivity contribution is 5.93. The van der Waals surface area contributed by atoms with E-state index in [0.29, 0.717) is 0 Å². The Kier molecular flexibility index (Phi) is 4.94. The molecule has 1 N–H and O–H groups in total. The van der Waals surface area contributed by atoms with Crippen LogP contribution in [0.25, 0.3) is 10.8 Å². The lowest BCUT2D eigenvalue weighted by Gasteiger charge is -2.38. The van der Waals surface area contributed by atoms with Gasteiger partial charge in [0.15, 0.2) is 0 Å². The first-order valence-corrected chi connectivity index (χ1v) is 9.85. The molecule has 144 valence electrons. The Morgan fingerprint density at radius 3 is 1.83 bits per heavy atom. The molecule has 4 aromatic carbocycles. The van der Waals surface area contributed by atoms with Crippen LogP contribution >= 0.6 is 0 Å². The predicted molar refractivity (Wildman–Crippen MR) is 118 cm³/mol. The molecule has 29 heavy (non-hydrogen) atoms. The molecule has 1 atom stereocenters. The van der Waals surface area contributed by atoms with Gasteiger partial charge in [-0.2, -0.15) is 0 Å². The average molecular weight is 380 g/mol. The second-order valence-electron chi connectivity index (χ2n) is 7.72. The monoisotopic (exact) mass is 380 g/mol. The third kappa shape index (κ3) is 3.21. The van der Waals surface area contributed by atoms with Gasteiger partial charge in [-0.25, -0.2) is 0 Å². The summed E-state index contributed by atoms with van der Waals surface area (Å²) in [6.45, 7) is 4.06. The number of rotatable bonds is 5. The molecule has 0 radical (unpaired) electrons. The van der Waals surface area contributed by atoms with Crippen LogP contribution in [0.15, 0.2) is 97.1 Å². The predicted octanol–water partition coefficient (Wildman–Crippen LogP) is 6.32. The van der Waals surface area contributed by atoms with Crippen LogP contribution in [0, 0.1) is 6.92 Å². The molecule has 0 bridgehead atoms. The summed E-state index contributed by atoms with van der Waals surface area (Å²) in [7, 11) is 0. The smallest absolute Gasteiger partial charge is 0.312 e. The number of hydrogen-bond donors (Lipinski definition) is 1. The van der Waals surface area contributed by atoms with E-state index in [9.17, 15) is 9.90 Å². The lowest BCUT2D eigenvalue weighted by atomic mass is 9.63. The molecule has 0 amide bonds. The number of aliphatic carboxylic acids is 1. The highest BCUT2D eigenvalue weighted by Gasteiger charge is 2.44. The zero-order valence-corrected chi connectivity index (χ0v) is 16.7. The Morgan fingerprint density at radius 2 is 1.28 bits per heavy atom. The second-order valence-corrected chi connectivity index (χ2v) is 7.72. The minimum atomic E-state index is -0.820. The fourth-order valence-electron chi connectivity index (χ4n) is 4.52. The topological polar surface area (TPSA) is 37.3 Å². The van der Waals surface area contributed by atoms with Gasteiger partial charge in [-0.05, 0) is 39.9 Å². The van der Waals surface area contributed by atoms with Gasteiger partial charge in [0.2, 0.25) is 0 Å². The molecule has 1 unspecified atom stereocenters. The zero-order chi connectivity index (χ0) is 20.4. The van der Waals surface area contributed by atoms with Crippen molar-refractivity contribution in [3.05, 3.63) is 119 Å². The third-order valence-electron chi connectivity index (χ3n) is 6.05. The molecule has 4 rings (SSSR count). The largest absolute Gasteiger partial charge is 0.481 e. The lowest BCUT2D eigenvalue weighted by molar-refractivity contribution is -0.140. The number of hydrogen-bond acceptors (Lipinski definition) is 1. The van der Waals surface area contributed by atoms with E-state index >= 15 is 0 Å². The van der Waals surface area contributed by atoms with Crippen LogP contribution in [-0.2, 0) is 10.2 Å². The quantitative estimate of drug-likeness (QED) is 0.440. The van der Waals surface area contributed by atoms with Crippen molar-refractivity contribution in [3.63, 3.8) is 0 Å². The number of aryl methyl sites for hydroxylation is 1. The first kappa shape index (κ1) is 18.9. The van der Waals surface area contributed by atoms with Gasteiger partial charge in [0.1, 0.15) is 0 Å². The van der Waals surface area contributed by atoms with Gasteiger partial charge < -0.3 is 5.11 Å². The summed E-state index contributed by atoms with van der Waals surface area (Å²) in [6.07, 6.45) is 0. The van der Waals surface area contributed by atoms with E-state index in [4.69, 9.17) is 0 Å². The standard InChI is InChI=1S/C27H24O2/c1-19-17-18-20-11-9-10-16-23(20)24(19)25(26(28)29)27(2,21-12-5-3-6-13-21)22-14-7-4-8-15-22/h3-18,25H,1-2H3,(H,28,29). The highest BCUT2D eigenvalue weighted by Crippen LogP contribution is 2.47. The minimum Gasteiger partial charge on any atom is -0.481 e. The molecule has 0 heterocycles. The first-order valence-electron chi connectivity index (χ1n) is 9.85. The van der Waals surface area contributed by atoms with Crippen LogP contribution in [0.4, 0.5) is 0 Å². The second kappa shape index (κ2) is 7.56. The van der Waals surface area contributed by atoms with E-state index in [1.807, 2.05) is 97.9 Å². The molecule has 0 fully saturated rings. The van der Waals surface area contributed by atoms with Crippen LogP contribution in [0.2, 0.25) is 0 Å². The van der Waals surface area contributed by atoms with Gasteiger partial charge >= 0.3 is 5.97 Å². The van der Waals surface area contributed by atoms with Gasteiger partial charge in [0.25, 0.3) is 0 Å². The maximum absolute atomic E-state index is 12.9. The Labute approximate surface area is 171 Å². The van der Waals surface area contributed by atoms with Crippen molar-refractivity contribution >= 4 is 16.7 Å². The molecule has 2 nitrogen and oxygen atoms in total. The number of carboxylic acid groups (broad SMARTS) is 1. The molecule has 0 saturated heterocycles. The number of benzene rings is 4. The third-order valence-corrected chi connectivity index (χ3v) is 6.05. The highest BCUT2D eigenvalue weighted by atomic mass is 16.4. The molecule has 0 aliphatic rings. The van der Waals surface area contributed by atoms with Gasteiger partial charge in [-0.15, -0.1) is 0 Å². The van der Waals surface area contributed by atoms with E-state index < -0.39 is 17.3 Å². The van der Waals surface area contributed by atoms with Gasteiger partial charge in [-0.1, -0.05) is 104 Å². The Balaban J connectivity index is 2.08. The fourth-order valence-corrected chi connectivity index (χ4v) is 4.52. The van der Waals surface area contributed by atoms with E-state index in [1.54, 1.807) is 0 Å². The molecule has 0 aliphatic carbocycles. The SMILES string of the molecule is Cc1ccc2ccccc2c1C(C(=O)O)C(C)(c1ccccc1)c1ccccc1. The Morgan fingerprint density at radius 1 is 0.759 bits per heavy atom. The van der Waals surface area contributed by atoms with E-state index in [1.165, 1.54) is 0 Å². The Hall–Kier alpha value is -3.39. The van der Waals surface area contributed by atoms with Crippen LogP contribution in [0.1, 0.15) is 35.1 Å². The normalized spacial score (nSPS) is 12.6. The van der Waals surface area contributed by atoms with Crippen molar-refractivity contribution in [3.8, 4) is 0 Å². The number of fused-ring (bicyclic) bond motifs is 1. The molecule has 0 aliphatic heterocycles. The molecule has 2 heteroatoms. The van der Waals surface area contributed by atoms with Gasteiger partial charge in [0, 0.05) is 5.41 Å². The summed E-state index contributed by atoms with van der Waals surface area (Å²) in [5, 5.41) is 12.6. The van der Waals surface area contributed by atoms with Crippen molar-refractivity contribution in [2.75, 3.05) is 0 Å². The van der Waals surface area contributed by atoms with E-state index in [-0.39, 0.29) is 0 Å². The van der Waals surface area contributed by atoms with Crippen LogP contribution in [0.5, 0.6) is 0 Å².